The number of nitrogens with zero attached hydrogens (tertiary/aromatic N) is 1. The van der Waals surface area contributed by atoms with Gasteiger partial charge in [-0.2, -0.15) is 12.6 Å². The molecule has 1 unspecified atom stereocenters. The van der Waals surface area contributed by atoms with E-state index in [1.165, 1.54) is 0 Å². The van der Waals surface area contributed by atoms with Crippen molar-refractivity contribution in [2.75, 3.05) is 39.1 Å². The fourth-order valence-electron chi connectivity index (χ4n) is 2.51. The highest BCUT2D eigenvalue weighted by Gasteiger charge is 2.27. The maximum absolute atomic E-state index is 12.1. The molecule has 1 saturated heterocycles. The molecule has 0 aromatic rings. The Kier molecular flexibility index (Phi) is 10.2. The van der Waals surface area contributed by atoms with E-state index in [1.807, 2.05) is 0 Å². The number of hydrogen-bond acceptors (Lipinski definition) is 6. The van der Waals surface area contributed by atoms with Gasteiger partial charge in [-0.05, 0) is 32.9 Å². The number of amides is 2. The lowest BCUT2D eigenvalue weighted by Crippen LogP contribution is -2.50. The average Bonchev–Trinajstić information content (AvgIpc) is 2.55. The minimum atomic E-state index is -0.0745. The molecule has 0 radical (unpaired) electrons. The van der Waals surface area contributed by atoms with Crippen LogP contribution in [-0.4, -0.2) is 61.9 Å². The molecule has 1 aliphatic rings. The monoisotopic (exact) mass is 331 g/mol. The molecular formula is C14H29N5O2S. The second-order valence-corrected chi connectivity index (χ2v) is 5.67. The van der Waals surface area contributed by atoms with Crippen molar-refractivity contribution in [2.24, 2.45) is 0 Å². The van der Waals surface area contributed by atoms with Crippen molar-refractivity contribution in [3.63, 3.8) is 0 Å². The molecule has 22 heavy (non-hydrogen) atoms. The highest BCUT2D eigenvalue weighted by atomic mass is 32.1. The van der Waals surface area contributed by atoms with Gasteiger partial charge < -0.3 is 10.6 Å². The smallest absolute Gasteiger partial charge is 0.237 e. The number of hydrazine groups is 1. The van der Waals surface area contributed by atoms with Crippen LogP contribution in [0.5, 0.6) is 0 Å². The van der Waals surface area contributed by atoms with Gasteiger partial charge in [-0.15, -0.1) is 0 Å². The molecule has 0 aromatic carbocycles. The van der Waals surface area contributed by atoms with E-state index < -0.39 is 0 Å². The average molecular weight is 331 g/mol. The van der Waals surface area contributed by atoms with Crippen LogP contribution in [0.2, 0.25) is 0 Å². The van der Waals surface area contributed by atoms with Crippen LogP contribution in [0.1, 0.15) is 32.1 Å². The van der Waals surface area contributed by atoms with Crippen LogP contribution < -0.4 is 21.5 Å². The zero-order valence-corrected chi connectivity index (χ0v) is 14.3. The Bertz CT molecular complexity index is 343. The number of rotatable bonds is 10. The van der Waals surface area contributed by atoms with Gasteiger partial charge in [-0.25, -0.2) is 0 Å². The highest BCUT2D eigenvalue weighted by Crippen LogP contribution is 2.17. The van der Waals surface area contributed by atoms with Crippen molar-refractivity contribution in [1.29, 1.82) is 0 Å². The largest absolute Gasteiger partial charge is 0.354 e. The molecule has 0 saturated carbocycles. The Morgan fingerprint density at radius 3 is 2.68 bits per heavy atom. The third-order valence-electron chi connectivity index (χ3n) is 3.73. The summed E-state index contributed by atoms with van der Waals surface area (Å²) in [7, 11) is 1.80. The Morgan fingerprint density at radius 1 is 1.18 bits per heavy atom. The molecule has 4 N–H and O–H groups in total. The second kappa shape index (κ2) is 11.7. The first-order valence-electron chi connectivity index (χ1n) is 7.98. The summed E-state index contributed by atoms with van der Waals surface area (Å²) in [5.41, 5.74) is 5.74. The summed E-state index contributed by atoms with van der Waals surface area (Å²) < 4.78 is 0. The first-order chi connectivity index (χ1) is 10.7. The van der Waals surface area contributed by atoms with E-state index in [-0.39, 0.29) is 17.9 Å². The van der Waals surface area contributed by atoms with Gasteiger partial charge in [-0.1, -0.05) is 6.42 Å². The van der Waals surface area contributed by atoms with E-state index in [1.54, 1.807) is 7.05 Å². The van der Waals surface area contributed by atoms with Gasteiger partial charge in [0.2, 0.25) is 11.8 Å². The minimum absolute atomic E-state index is 0.0156. The van der Waals surface area contributed by atoms with Crippen molar-refractivity contribution in [3.05, 3.63) is 0 Å². The van der Waals surface area contributed by atoms with E-state index in [2.05, 4.69) is 39.0 Å². The van der Waals surface area contributed by atoms with E-state index >= 15 is 0 Å². The first-order valence-corrected chi connectivity index (χ1v) is 8.61. The summed E-state index contributed by atoms with van der Waals surface area (Å²) in [4.78, 5) is 25.8. The Balaban J connectivity index is 2.10. The summed E-state index contributed by atoms with van der Waals surface area (Å²) >= 11 is 4.28. The molecule has 1 fully saturated rings. The highest BCUT2D eigenvalue weighted by molar-refractivity contribution is 7.80. The van der Waals surface area contributed by atoms with E-state index in [4.69, 9.17) is 0 Å². The quantitative estimate of drug-likeness (QED) is 0.211. The molecule has 1 heterocycles. The van der Waals surface area contributed by atoms with Gasteiger partial charge in [0.25, 0.3) is 0 Å². The molecule has 2 amide bonds. The van der Waals surface area contributed by atoms with Crippen molar-refractivity contribution in [3.8, 4) is 0 Å². The Morgan fingerprint density at radius 2 is 1.95 bits per heavy atom. The molecule has 0 spiro atoms. The van der Waals surface area contributed by atoms with Gasteiger partial charge in [0.05, 0.1) is 6.04 Å². The fraction of sp³-hybridized carbons (Fsp3) is 0.857. The number of carbonyl (C=O) groups excluding carboxylic acids is 2. The van der Waals surface area contributed by atoms with Crippen LogP contribution in [0.25, 0.3) is 0 Å². The van der Waals surface area contributed by atoms with Crippen LogP contribution in [-0.2, 0) is 9.59 Å². The summed E-state index contributed by atoms with van der Waals surface area (Å²) in [5, 5.41) is 5.71. The molecule has 0 aliphatic carbocycles. The Labute approximate surface area is 138 Å². The summed E-state index contributed by atoms with van der Waals surface area (Å²) in [6, 6.07) is -0.0745. The van der Waals surface area contributed by atoms with Crippen LogP contribution >= 0.6 is 12.6 Å². The van der Waals surface area contributed by atoms with Gasteiger partial charge in [0.1, 0.15) is 0 Å². The first kappa shape index (κ1) is 19.2. The van der Waals surface area contributed by atoms with E-state index in [9.17, 15) is 9.59 Å². The molecule has 1 aliphatic heterocycles. The van der Waals surface area contributed by atoms with E-state index in [0.29, 0.717) is 25.4 Å². The van der Waals surface area contributed by atoms with Crippen LogP contribution in [0, 0.1) is 0 Å². The van der Waals surface area contributed by atoms with Gasteiger partial charge in [-0.3, -0.25) is 25.3 Å². The lowest BCUT2D eigenvalue weighted by molar-refractivity contribution is -0.127. The van der Waals surface area contributed by atoms with Crippen LogP contribution in [0.4, 0.5) is 0 Å². The lowest BCUT2D eigenvalue weighted by Gasteiger charge is -2.33. The molecule has 0 bridgehead atoms. The summed E-state index contributed by atoms with van der Waals surface area (Å²) in [6.07, 6.45) is 4.36. The number of nitrogens with one attached hydrogen (secondary N) is 4. The molecule has 128 valence electrons. The molecule has 8 heteroatoms. The molecule has 1 atom stereocenters. The van der Waals surface area contributed by atoms with Crippen LogP contribution in [0.15, 0.2) is 0 Å². The van der Waals surface area contributed by atoms with Crippen LogP contribution in [0.3, 0.4) is 0 Å². The predicted molar refractivity (Wildman–Crippen MR) is 90.5 cm³/mol. The van der Waals surface area contributed by atoms with Gasteiger partial charge in [0.15, 0.2) is 0 Å². The van der Waals surface area contributed by atoms with E-state index in [0.717, 1.165) is 38.8 Å². The number of carbonyl (C=O) groups is 2. The number of likely N-dealkylation sites (tertiary alicyclic amines) is 1. The normalized spacial score (nSPS) is 18.9. The summed E-state index contributed by atoms with van der Waals surface area (Å²) in [6.45, 7) is 2.62. The zero-order chi connectivity index (χ0) is 16.2. The standard InChI is InChI=1S/C14H29N5O2S/c1-15-18-7-4-6-13(20)16-8-9-17-14(21)12-5-2-3-10-19(12)11-22/h12,15,18,22H,2-11H2,1H3,(H,16,20)(H,17,21). The minimum Gasteiger partial charge on any atom is -0.354 e. The Hall–Kier alpha value is -0.830. The predicted octanol–water partition coefficient (Wildman–Crippen LogP) is -0.535. The maximum Gasteiger partial charge on any atom is 0.237 e. The van der Waals surface area contributed by atoms with Crippen molar-refractivity contribution >= 4 is 24.4 Å². The zero-order valence-electron chi connectivity index (χ0n) is 13.4. The van der Waals surface area contributed by atoms with Gasteiger partial charge >= 0.3 is 0 Å². The number of thiol groups is 1. The van der Waals surface area contributed by atoms with Gasteiger partial charge in [0, 0.05) is 31.9 Å². The fourth-order valence-corrected chi connectivity index (χ4v) is 2.85. The molecular weight excluding hydrogens is 302 g/mol. The SMILES string of the molecule is CNNCCCC(=O)NCCNC(=O)C1CCCCN1CS. The van der Waals surface area contributed by atoms with Crippen molar-refractivity contribution in [1.82, 2.24) is 26.4 Å². The second-order valence-electron chi connectivity index (χ2n) is 5.39. The third-order valence-corrected chi connectivity index (χ3v) is 4.09. The molecule has 7 nitrogen and oxygen atoms in total. The number of hydrogen-bond donors (Lipinski definition) is 5. The lowest BCUT2D eigenvalue weighted by atomic mass is 10.0. The summed E-state index contributed by atoms with van der Waals surface area (Å²) in [5.74, 6) is 0.665. The molecule has 0 aromatic heterocycles. The topological polar surface area (TPSA) is 85.5 Å². The molecule has 1 rings (SSSR count). The van der Waals surface area contributed by atoms with Crippen molar-refractivity contribution < 1.29 is 9.59 Å². The maximum atomic E-state index is 12.1. The van der Waals surface area contributed by atoms with Crippen molar-refractivity contribution in [2.45, 2.75) is 38.1 Å². The number of piperidine rings is 1. The third kappa shape index (κ3) is 7.44.